The molecule has 0 N–H and O–H groups in total. The van der Waals surface area contributed by atoms with Crippen LogP contribution in [0.15, 0.2) is 47.5 Å². The molecule has 2 rings (SSSR count). The summed E-state index contributed by atoms with van der Waals surface area (Å²) in [6.07, 6.45) is 1.43. The Balaban J connectivity index is 2.29. The van der Waals surface area contributed by atoms with Gasteiger partial charge in [0.2, 0.25) is 0 Å². The summed E-state index contributed by atoms with van der Waals surface area (Å²) in [4.78, 5) is 4.12. The Morgan fingerprint density at radius 1 is 1.06 bits per heavy atom. The third-order valence-electron chi connectivity index (χ3n) is 2.16. The second-order valence-corrected chi connectivity index (χ2v) is 4.22. The SMILES string of the molecule is Fc1ccccc1C=Nc1ccc(Cl)cc1Cl. The van der Waals surface area contributed by atoms with E-state index in [0.29, 0.717) is 21.3 Å². The summed E-state index contributed by atoms with van der Waals surface area (Å²) >= 11 is 11.7. The average molecular weight is 268 g/mol. The molecule has 0 radical (unpaired) electrons. The predicted molar refractivity (Wildman–Crippen MR) is 70.1 cm³/mol. The minimum absolute atomic E-state index is 0.318. The fourth-order valence-electron chi connectivity index (χ4n) is 1.30. The first-order chi connectivity index (χ1) is 8.16. The highest BCUT2D eigenvalue weighted by atomic mass is 35.5. The minimum atomic E-state index is -0.318. The predicted octanol–water partition coefficient (Wildman–Crippen LogP) is 4.88. The average Bonchev–Trinajstić information content (AvgIpc) is 2.30. The largest absolute Gasteiger partial charge is 0.255 e. The third-order valence-corrected chi connectivity index (χ3v) is 2.70. The summed E-state index contributed by atoms with van der Waals surface area (Å²) in [5.41, 5.74) is 0.970. The monoisotopic (exact) mass is 267 g/mol. The Morgan fingerprint density at radius 3 is 2.53 bits per heavy atom. The molecule has 1 nitrogen and oxygen atoms in total. The fraction of sp³-hybridized carbons (Fsp3) is 0. The van der Waals surface area contributed by atoms with Gasteiger partial charge in [-0.15, -0.1) is 0 Å². The van der Waals surface area contributed by atoms with Gasteiger partial charge in [0.15, 0.2) is 0 Å². The number of aliphatic imine (C=N–C) groups is 1. The second kappa shape index (κ2) is 5.30. The quantitative estimate of drug-likeness (QED) is 0.688. The van der Waals surface area contributed by atoms with Crippen LogP contribution in [0.4, 0.5) is 10.1 Å². The molecule has 0 unspecified atom stereocenters. The van der Waals surface area contributed by atoms with Crippen LogP contribution < -0.4 is 0 Å². The van der Waals surface area contributed by atoms with Crippen LogP contribution in [0.25, 0.3) is 0 Å². The Bertz CT molecular complexity index is 567. The van der Waals surface area contributed by atoms with Crippen LogP contribution >= 0.6 is 23.2 Å². The summed E-state index contributed by atoms with van der Waals surface area (Å²) in [5.74, 6) is -0.318. The third kappa shape index (κ3) is 3.05. The lowest BCUT2D eigenvalue weighted by Gasteiger charge is -1.99. The summed E-state index contributed by atoms with van der Waals surface area (Å²) in [6, 6.07) is 11.4. The zero-order valence-electron chi connectivity index (χ0n) is 8.70. The zero-order chi connectivity index (χ0) is 12.3. The van der Waals surface area contributed by atoms with E-state index >= 15 is 0 Å². The lowest BCUT2D eigenvalue weighted by Crippen LogP contribution is -1.86. The lowest BCUT2D eigenvalue weighted by atomic mass is 10.2. The van der Waals surface area contributed by atoms with Gasteiger partial charge < -0.3 is 0 Å². The molecule has 0 aliphatic rings. The van der Waals surface area contributed by atoms with Gasteiger partial charge in [-0.1, -0.05) is 41.4 Å². The Morgan fingerprint density at radius 2 is 1.82 bits per heavy atom. The van der Waals surface area contributed by atoms with E-state index in [-0.39, 0.29) is 5.82 Å². The van der Waals surface area contributed by atoms with Crippen molar-refractivity contribution in [3.05, 3.63) is 63.9 Å². The molecular formula is C13H8Cl2FN. The van der Waals surface area contributed by atoms with E-state index in [1.807, 2.05) is 0 Å². The van der Waals surface area contributed by atoms with Crippen LogP contribution in [-0.4, -0.2) is 6.21 Å². The van der Waals surface area contributed by atoms with Crippen molar-refractivity contribution >= 4 is 35.1 Å². The van der Waals surface area contributed by atoms with E-state index in [2.05, 4.69) is 4.99 Å². The van der Waals surface area contributed by atoms with Gasteiger partial charge >= 0.3 is 0 Å². The topological polar surface area (TPSA) is 12.4 Å². The van der Waals surface area contributed by atoms with Crippen LogP contribution in [0.1, 0.15) is 5.56 Å². The van der Waals surface area contributed by atoms with Crippen molar-refractivity contribution in [2.75, 3.05) is 0 Å². The maximum Gasteiger partial charge on any atom is 0.131 e. The van der Waals surface area contributed by atoms with Crippen molar-refractivity contribution in [1.82, 2.24) is 0 Å². The molecule has 4 heteroatoms. The molecule has 0 fully saturated rings. The first kappa shape index (κ1) is 12.1. The van der Waals surface area contributed by atoms with E-state index < -0.39 is 0 Å². The van der Waals surface area contributed by atoms with Gasteiger partial charge in [0.1, 0.15) is 5.82 Å². The summed E-state index contributed by atoms with van der Waals surface area (Å²) in [6.45, 7) is 0. The highest BCUT2D eigenvalue weighted by Crippen LogP contribution is 2.27. The Labute approximate surface area is 109 Å². The summed E-state index contributed by atoms with van der Waals surface area (Å²) in [5, 5.41) is 0.977. The van der Waals surface area contributed by atoms with Crippen LogP contribution in [0.3, 0.4) is 0 Å². The number of hydrogen-bond donors (Lipinski definition) is 0. The van der Waals surface area contributed by atoms with Crippen molar-refractivity contribution < 1.29 is 4.39 Å². The molecule has 0 saturated heterocycles. The van der Waals surface area contributed by atoms with Crippen molar-refractivity contribution in [3.8, 4) is 0 Å². The van der Waals surface area contributed by atoms with Gasteiger partial charge in [0, 0.05) is 16.8 Å². The highest BCUT2D eigenvalue weighted by Gasteiger charge is 2.00. The Hall–Kier alpha value is -1.38. The van der Waals surface area contributed by atoms with E-state index in [9.17, 15) is 4.39 Å². The zero-order valence-corrected chi connectivity index (χ0v) is 10.2. The van der Waals surface area contributed by atoms with Crippen molar-refractivity contribution in [1.29, 1.82) is 0 Å². The Kier molecular flexibility index (Phi) is 3.77. The first-order valence-corrected chi connectivity index (χ1v) is 5.66. The van der Waals surface area contributed by atoms with Crippen molar-refractivity contribution in [2.45, 2.75) is 0 Å². The molecule has 17 heavy (non-hydrogen) atoms. The number of rotatable bonds is 2. The van der Waals surface area contributed by atoms with Gasteiger partial charge in [-0.3, -0.25) is 4.99 Å². The van der Waals surface area contributed by atoms with E-state index in [4.69, 9.17) is 23.2 Å². The van der Waals surface area contributed by atoms with Gasteiger partial charge in [-0.25, -0.2) is 4.39 Å². The van der Waals surface area contributed by atoms with Gasteiger partial charge in [-0.2, -0.15) is 0 Å². The molecule has 0 atom stereocenters. The molecular weight excluding hydrogens is 260 g/mol. The molecule has 0 spiro atoms. The number of benzene rings is 2. The standard InChI is InChI=1S/C13H8Cl2FN/c14-10-5-6-13(11(15)7-10)17-8-9-3-1-2-4-12(9)16/h1-8H. The lowest BCUT2D eigenvalue weighted by molar-refractivity contribution is 0.626. The number of nitrogens with zero attached hydrogens (tertiary/aromatic N) is 1. The minimum Gasteiger partial charge on any atom is -0.255 e. The maximum atomic E-state index is 13.3. The fourth-order valence-corrected chi connectivity index (χ4v) is 1.76. The molecule has 0 saturated carbocycles. The molecule has 2 aromatic carbocycles. The molecule has 0 aromatic heterocycles. The van der Waals surface area contributed by atoms with Crippen LogP contribution in [0, 0.1) is 5.82 Å². The van der Waals surface area contributed by atoms with Crippen molar-refractivity contribution in [3.63, 3.8) is 0 Å². The second-order valence-electron chi connectivity index (χ2n) is 3.38. The van der Waals surface area contributed by atoms with Crippen molar-refractivity contribution in [2.24, 2.45) is 4.99 Å². The van der Waals surface area contributed by atoms with Crippen LogP contribution in [0.5, 0.6) is 0 Å². The molecule has 0 aliphatic carbocycles. The molecule has 0 bridgehead atoms. The molecule has 0 aliphatic heterocycles. The molecule has 0 heterocycles. The number of hydrogen-bond acceptors (Lipinski definition) is 1. The maximum absolute atomic E-state index is 13.3. The first-order valence-electron chi connectivity index (χ1n) is 4.90. The van der Waals surface area contributed by atoms with E-state index in [1.54, 1.807) is 36.4 Å². The van der Waals surface area contributed by atoms with E-state index in [0.717, 1.165) is 0 Å². The van der Waals surface area contributed by atoms with Gasteiger partial charge in [0.05, 0.1) is 10.7 Å². The highest BCUT2D eigenvalue weighted by molar-refractivity contribution is 6.36. The van der Waals surface area contributed by atoms with Gasteiger partial charge in [0.25, 0.3) is 0 Å². The van der Waals surface area contributed by atoms with Gasteiger partial charge in [-0.05, 0) is 24.3 Å². The molecule has 86 valence electrons. The normalized spacial score (nSPS) is 11.0. The van der Waals surface area contributed by atoms with Crippen LogP contribution in [0.2, 0.25) is 10.0 Å². The summed E-state index contributed by atoms with van der Waals surface area (Å²) in [7, 11) is 0. The smallest absolute Gasteiger partial charge is 0.131 e. The van der Waals surface area contributed by atoms with E-state index in [1.165, 1.54) is 12.3 Å². The number of halogens is 3. The van der Waals surface area contributed by atoms with Crippen LogP contribution in [-0.2, 0) is 0 Å². The molecule has 2 aromatic rings. The molecule has 0 amide bonds. The summed E-state index contributed by atoms with van der Waals surface area (Å²) < 4.78 is 13.3.